The first-order valence-corrected chi connectivity index (χ1v) is 10.2. The van der Waals surface area contributed by atoms with Gasteiger partial charge in [0.25, 0.3) is 0 Å². The summed E-state index contributed by atoms with van der Waals surface area (Å²) in [6.45, 7) is 2.25. The van der Waals surface area contributed by atoms with E-state index in [0.717, 1.165) is 12.0 Å². The monoisotopic (exact) mass is 371 g/mol. The molecular formula is C22H31BFNO2. The van der Waals surface area contributed by atoms with Gasteiger partial charge in [0.15, 0.2) is 0 Å². The van der Waals surface area contributed by atoms with Crippen LogP contribution in [0.2, 0.25) is 0 Å². The average molecular weight is 371 g/mol. The fraction of sp³-hybridized carbons (Fsp3) is 0.500. The molecule has 0 spiro atoms. The molecule has 0 radical (unpaired) electrons. The number of rotatable bonds is 12. The van der Waals surface area contributed by atoms with Crippen molar-refractivity contribution >= 4 is 12.6 Å². The summed E-state index contributed by atoms with van der Waals surface area (Å²) in [5.74, 6) is -0.846. The third kappa shape index (κ3) is 7.43. The van der Waals surface area contributed by atoms with Crippen LogP contribution in [-0.4, -0.2) is 22.2 Å². The molecule has 2 rings (SSSR count). The average Bonchev–Trinajstić information content (AvgIpc) is 2.67. The second kappa shape index (κ2) is 11.9. The van der Waals surface area contributed by atoms with Crippen molar-refractivity contribution in [1.29, 1.82) is 0 Å². The molecule has 0 saturated heterocycles. The van der Waals surface area contributed by atoms with Gasteiger partial charge in [0, 0.05) is 11.0 Å². The number of aromatic nitrogens is 1. The Bertz CT molecular complexity index is 677. The number of halogens is 1. The number of hydrogen-bond donors (Lipinski definition) is 2. The number of benzene rings is 1. The lowest BCUT2D eigenvalue weighted by Gasteiger charge is -2.07. The Labute approximate surface area is 162 Å². The van der Waals surface area contributed by atoms with Crippen LogP contribution in [-0.2, 0) is 6.42 Å². The molecule has 3 nitrogen and oxygen atoms in total. The lowest BCUT2D eigenvalue weighted by Crippen LogP contribution is -2.33. The highest BCUT2D eigenvalue weighted by Gasteiger charge is 2.18. The molecule has 146 valence electrons. The predicted octanol–water partition coefficient (Wildman–Crippen LogP) is 4.64. The lowest BCUT2D eigenvalue weighted by atomic mass is 9.81. The van der Waals surface area contributed by atoms with Crippen LogP contribution in [0, 0.1) is 5.95 Å². The van der Waals surface area contributed by atoms with Gasteiger partial charge in [0.2, 0.25) is 5.95 Å². The van der Waals surface area contributed by atoms with Gasteiger partial charge in [-0.3, -0.25) is 0 Å². The van der Waals surface area contributed by atoms with E-state index in [1.165, 1.54) is 69.4 Å². The quantitative estimate of drug-likeness (QED) is 0.325. The number of pyridine rings is 1. The summed E-state index contributed by atoms with van der Waals surface area (Å²) in [7, 11) is -1.84. The van der Waals surface area contributed by atoms with Gasteiger partial charge in [-0.1, -0.05) is 88.6 Å². The van der Waals surface area contributed by atoms with Crippen LogP contribution in [0.3, 0.4) is 0 Å². The normalized spacial score (nSPS) is 11.0. The van der Waals surface area contributed by atoms with Gasteiger partial charge in [-0.15, -0.1) is 0 Å². The number of nitrogens with zero attached hydrogens (tertiary/aromatic N) is 1. The maximum absolute atomic E-state index is 13.8. The molecule has 0 unspecified atom stereocenters. The molecule has 1 aromatic carbocycles. The Morgan fingerprint density at radius 2 is 1.41 bits per heavy atom. The lowest BCUT2D eigenvalue weighted by molar-refractivity contribution is 0.422. The van der Waals surface area contributed by atoms with Crippen molar-refractivity contribution in [3.63, 3.8) is 0 Å². The molecule has 0 atom stereocenters. The first-order chi connectivity index (χ1) is 13.1. The Hall–Kier alpha value is -1.72. The maximum atomic E-state index is 13.8. The minimum absolute atomic E-state index is 0.208. The number of unbranched alkanes of at least 4 members (excludes halogenated alkanes) is 8. The molecule has 0 aliphatic carbocycles. The van der Waals surface area contributed by atoms with Gasteiger partial charge in [0.1, 0.15) is 0 Å². The van der Waals surface area contributed by atoms with Crippen LogP contribution in [0.5, 0.6) is 0 Å². The molecule has 27 heavy (non-hydrogen) atoms. The standard InChI is InChI=1S/C22H31BFNO2/c1-2-3-4-5-6-7-8-9-10-11-18-12-14-19(15-13-18)21-17-16-20(23(26)27)22(24)25-21/h12-17,26-27H,2-11H2,1H3. The van der Waals surface area contributed by atoms with Crippen molar-refractivity contribution in [2.45, 2.75) is 71.1 Å². The maximum Gasteiger partial charge on any atom is 0.493 e. The topological polar surface area (TPSA) is 53.4 Å². The molecule has 0 saturated carbocycles. The van der Waals surface area contributed by atoms with Crippen LogP contribution in [0.15, 0.2) is 36.4 Å². The van der Waals surface area contributed by atoms with E-state index in [9.17, 15) is 4.39 Å². The fourth-order valence-electron chi connectivity index (χ4n) is 3.28. The molecule has 2 aromatic rings. The van der Waals surface area contributed by atoms with E-state index in [2.05, 4.69) is 24.0 Å². The van der Waals surface area contributed by atoms with E-state index in [0.29, 0.717) is 5.69 Å². The molecule has 0 bridgehead atoms. The van der Waals surface area contributed by atoms with E-state index >= 15 is 0 Å². The first kappa shape index (κ1) is 21.6. The molecule has 0 amide bonds. The van der Waals surface area contributed by atoms with Crippen molar-refractivity contribution in [3.8, 4) is 11.3 Å². The Morgan fingerprint density at radius 1 is 0.815 bits per heavy atom. The summed E-state index contributed by atoms with van der Waals surface area (Å²) in [6.07, 6.45) is 13.0. The first-order valence-electron chi connectivity index (χ1n) is 10.2. The molecule has 0 fully saturated rings. The number of aryl methyl sites for hydroxylation is 1. The van der Waals surface area contributed by atoms with Crippen LogP contribution in [0.4, 0.5) is 4.39 Å². The highest BCUT2D eigenvalue weighted by atomic mass is 19.1. The van der Waals surface area contributed by atoms with E-state index in [-0.39, 0.29) is 5.46 Å². The summed E-state index contributed by atoms with van der Waals surface area (Å²) in [5, 5.41) is 18.1. The minimum atomic E-state index is -1.84. The van der Waals surface area contributed by atoms with Gasteiger partial charge in [0.05, 0.1) is 5.69 Å². The van der Waals surface area contributed by atoms with Crippen molar-refractivity contribution in [1.82, 2.24) is 4.98 Å². The summed E-state index contributed by atoms with van der Waals surface area (Å²) < 4.78 is 13.8. The summed E-state index contributed by atoms with van der Waals surface area (Å²) in [4.78, 5) is 3.83. The van der Waals surface area contributed by atoms with E-state index in [4.69, 9.17) is 10.0 Å². The van der Waals surface area contributed by atoms with Gasteiger partial charge >= 0.3 is 7.12 Å². The van der Waals surface area contributed by atoms with Crippen molar-refractivity contribution < 1.29 is 14.4 Å². The second-order valence-corrected chi connectivity index (χ2v) is 7.23. The Kier molecular flexibility index (Phi) is 9.50. The highest BCUT2D eigenvalue weighted by molar-refractivity contribution is 6.58. The second-order valence-electron chi connectivity index (χ2n) is 7.23. The third-order valence-corrected chi connectivity index (χ3v) is 4.97. The van der Waals surface area contributed by atoms with Crippen LogP contribution < -0.4 is 5.46 Å². The fourth-order valence-corrected chi connectivity index (χ4v) is 3.28. The molecular weight excluding hydrogens is 340 g/mol. The predicted molar refractivity (Wildman–Crippen MR) is 110 cm³/mol. The minimum Gasteiger partial charge on any atom is -0.423 e. The largest absolute Gasteiger partial charge is 0.493 e. The zero-order valence-electron chi connectivity index (χ0n) is 16.3. The van der Waals surface area contributed by atoms with Crippen molar-refractivity contribution in [3.05, 3.63) is 47.9 Å². The number of hydrogen-bond acceptors (Lipinski definition) is 3. The highest BCUT2D eigenvalue weighted by Crippen LogP contribution is 2.19. The zero-order valence-corrected chi connectivity index (χ0v) is 16.3. The van der Waals surface area contributed by atoms with Crippen molar-refractivity contribution in [2.75, 3.05) is 0 Å². The van der Waals surface area contributed by atoms with Gasteiger partial charge in [-0.2, -0.15) is 4.39 Å². The van der Waals surface area contributed by atoms with Crippen LogP contribution >= 0.6 is 0 Å². The summed E-state index contributed by atoms with van der Waals surface area (Å²) in [6, 6.07) is 11.0. The smallest absolute Gasteiger partial charge is 0.423 e. The van der Waals surface area contributed by atoms with E-state index in [1.54, 1.807) is 6.07 Å². The van der Waals surface area contributed by atoms with Gasteiger partial charge in [-0.25, -0.2) is 4.98 Å². The Morgan fingerprint density at radius 3 is 1.96 bits per heavy atom. The van der Waals surface area contributed by atoms with Crippen LogP contribution in [0.25, 0.3) is 11.3 Å². The van der Waals surface area contributed by atoms with Gasteiger partial charge < -0.3 is 10.0 Å². The molecule has 5 heteroatoms. The molecule has 1 aromatic heterocycles. The molecule has 0 aliphatic rings. The molecule has 1 heterocycles. The molecule has 2 N–H and O–H groups in total. The third-order valence-electron chi connectivity index (χ3n) is 4.97. The van der Waals surface area contributed by atoms with E-state index < -0.39 is 13.1 Å². The van der Waals surface area contributed by atoms with E-state index in [1.807, 2.05) is 12.1 Å². The SMILES string of the molecule is CCCCCCCCCCCc1ccc(-c2ccc(B(O)O)c(F)n2)cc1. The summed E-state index contributed by atoms with van der Waals surface area (Å²) in [5.41, 5.74) is 2.39. The zero-order chi connectivity index (χ0) is 19.5. The van der Waals surface area contributed by atoms with Crippen LogP contribution in [0.1, 0.15) is 70.3 Å². The Balaban J connectivity index is 1.73. The molecule has 0 aliphatic heterocycles. The van der Waals surface area contributed by atoms with Gasteiger partial charge in [-0.05, 0) is 24.5 Å². The summed E-state index contributed by atoms with van der Waals surface area (Å²) >= 11 is 0. The van der Waals surface area contributed by atoms with Crippen molar-refractivity contribution in [2.24, 2.45) is 0 Å².